The molecule has 1 heterocycles. The number of rotatable bonds is 2. The molecule has 1 aliphatic carbocycles. The van der Waals surface area contributed by atoms with Crippen molar-refractivity contribution in [2.45, 2.75) is 31.3 Å². The number of nitrogens with one attached hydrogen (secondary N) is 1. The minimum absolute atomic E-state index is 0.122. The van der Waals surface area contributed by atoms with Gasteiger partial charge >= 0.3 is 0 Å². The fourth-order valence-corrected chi connectivity index (χ4v) is 2.71. The van der Waals surface area contributed by atoms with Crippen molar-refractivity contribution in [3.8, 4) is 0 Å². The van der Waals surface area contributed by atoms with E-state index in [4.69, 9.17) is 4.74 Å². The van der Waals surface area contributed by atoms with Crippen LogP contribution in [0.2, 0.25) is 0 Å². The summed E-state index contributed by atoms with van der Waals surface area (Å²) < 4.78 is 18.4. The first-order valence-corrected chi connectivity index (χ1v) is 5.95. The molecular weight excluding hydrogens is 205 g/mol. The maximum Gasteiger partial charge on any atom is 0.123 e. The first kappa shape index (κ1) is 10.2. The van der Waals surface area contributed by atoms with Gasteiger partial charge in [0.25, 0.3) is 0 Å². The van der Waals surface area contributed by atoms with Crippen LogP contribution < -0.4 is 5.32 Å². The number of ether oxygens (including phenoxy) is 1. The Labute approximate surface area is 94.8 Å². The molecule has 86 valence electrons. The molecule has 1 aliphatic heterocycles. The lowest BCUT2D eigenvalue weighted by molar-refractivity contribution is 0.188. The Hall–Kier alpha value is -0.930. The van der Waals surface area contributed by atoms with E-state index in [9.17, 15) is 4.39 Å². The molecule has 3 rings (SSSR count). The van der Waals surface area contributed by atoms with Crippen molar-refractivity contribution in [3.05, 3.63) is 35.1 Å². The Balaban J connectivity index is 1.75. The molecule has 16 heavy (non-hydrogen) atoms. The van der Waals surface area contributed by atoms with Gasteiger partial charge in [-0.05, 0) is 42.5 Å². The zero-order chi connectivity index (χ0) is 11.0. The number of fused-ring (bicyclic) bond motifs is 1. The van der Waals surface area contributed by atoms with Crippen LogP contribution in [-0.2, 0) is 11.2 Å². The molecule has 0 spiro atoms. The molecule has 0 saturated carbocycles. The van der Waals surface area contributed by atoms with E-state index in [2.05, 4.69) is 5.32 Å². The Bertz CT molecular complexity index is 388. The zero-order valence-electron chi connectivity index (χ0n) is 9.21. The fraction of sp³-hybridized carbons (Fsp3) is 0.538. The Morgan fingerprint density at radius 2 is 2.25 bits per heavy atom. The van der Waals surface area contributed by atoms with Crippen LogP contribution in [0.25, 0.3) is 0 Å². The van der Waals surface area contributed by atoms with Crippen LogP contribution in [0.15, 0.2) is 18.2 Å². The van der Waals surface area contributed by atoms with Gasteiger partial charge in [-0.1, -0.05) is 6.07 Å². The van der Waals surface area contributed by atoms with Crippen LogP contribution in [0.3, 0.4) is 0 Å². The van der Waals surface area contributed by atoms with Gasteiger partial charge in [0.2, 0.25) is 0 Å². The summed E-state index contributed by atoms with van der Waals surface area (Å²) in [5.74, 6) is -0.122. The summed E-state index contributed by atoms with van der Waals surface area (Å²) >= 11 is 0. The smallest absolute Gasteiger partial charge is 0.123 e. The van der Waals surface area contributed by atoms with Crippen molar-refractivity contribution in [2.24, 2.45) is 0 Å². The first-order chi connectivity index (χ1) is 7.83. The van der Waals surface area contributed by atoms with Crippen LogP contribution in [0.5, 0.6) is 0 Å². The van der Waals surface area contributed by atoms with E-state index in [0.29, 0.717) is 12.1 Å². The van der Waals surface area contributed by atoms with E-state index in [0.717, 1.165) is 38.0 Å². The molecule has 0 aromatic heterocycles. The van der Waals surface area contributed by atoms with Crippen LogP contribution in [-0.4, -0.2) is 19.3 Å². The van der Waals surface area contributed by atoms with Crippen molar-refractivity contribution < 1.29 is 9.13 Å². The lowest BCUT2D eigenvalue weighted by Gasteiger charge is -2.18. The maximum absolute atomic E-state index is 13.1. The summed E-state index contributed by atoms with van der Waals surface area (Å²) in [7, 11) is 0. The highest BCUT2D eigenvalue weighted by Crippen LogP contribution is 2.32. The fourth-order valence-electron chi connectivity index (χ4n) is 2.71. The number of halogens is 1. The van der Waals surface area contributed by atoms with Crippen LogP contribution in [0.1, 0.15) is 30.0 Å². The molecular formula is C13H16FNO. The van der Waals surface area contributed by atoms with E-state index in [-0.39, 0.29) is 5.82 Å². The van der Waals surface area contributed by atoms with Crippen molar-refractivity contribution in [3.63, 3.8) is 0 Å². The highest BCUT2D eigenvalue weighted by Gasteiger charge is 2.26. The van der Waals surface area contributed by atoms with E-state index in [1.54, 1.807) is 12.1 Å². The molecule has 1 saturated heterocycles. The molecule has 2 atom stereocenters. The summed E-state index contributed by atoms with van der Waals surface area (Å²) in [6, 6.07) is 6.01. The average molecular weight is 221 g/mol. The minimum atomic E-state index is -0.122. The summed E-state index contributed by atoms with van der Waals surface area (Å²) in [4.78, 5) is 0. The number of aryl methyl sites for hydroxylation is 1. The second-order valence-electron chi connectivity index (χ2n) is 4.66. The summed E-state index contributed by atoms with van der Waals surface area (Å²) in [6.07, 6.45) is 3.15. The van der Waals surface area contributed by atoms with Crippen LogP contribution >= 0.6 is 0 Å². The van der Waals surface area contributed by atoms with Crippen LogP contribution in [0.4, 0.5) is 4.39 Å². The van der Waals surface area contributed by atoms with E-state index < -0.39 is 0 Å². The predicted octanol–water partition coefficient (Wildman–Crippen LogP) is 2.19. The van der Waals surface area contributed by atoms with Gasteiger partial charge in [0.15, 0.2) is 0 Å². The lowest BCUT2D eigenvalue weighted by Crippen LogP contribution is -2.32. The van der Waals surface area contributed by atoms with Gasteiger partial charge < -0.3 is 10.1 Å². The summed E-state index contributed by atoms with van der Waals surface area (Å²) in [6.45, 7) is 1.67. The maximum atomic E-state index is 13.1. The normalized spacial score (nSPS) is 28.3. The highest BCUT2D eigenvalue weighted by molar-refractivity contribution is 5.35. The van der Waals surface area contributed by atoms with Gasteiger partial charge in [-0.25, -0.2) is 4.39 Å². The molecule has 2 aliphatic rings. The SMILES string of the molecule is Fc1ccc2c(c1)CCC2NC1CCOC1. The molecule has 0 amide bonds. The lowest BCUT2D eigenvalue weighted by atomic mass is 10.1. The number of benzene rings is 1. The molecule has 0 radical (unpaired) electrons. The molecule has 1 fully saturated rings. The third kappa shape index (κ3) is 1.85. The molecule has 1 aromatic rings. The standard InChI is InChI=1S/C13H16FNO/c14-10-2-3-12-9(7-10)1-4-13(12)15-11-5-6-16-8-11/h2-3,7,11,13,15H,1,4-6,8H2. The van der Waals surface area contributed by atoms with Gasteiger partial charge in [0.05, 0.1) is 6.61 Å². The quantitative estimate of drug-likeness (QED) is 0.826. The number of hydrogen-bond acceptors (Lipinski definition) is 2. The molecule has 1 aromatic carbocycles. The Morgan fingerprint density at radius 3 is 3.06 bits per heavy atom. The van der Waals surface area contributed by atoms with E-state index in [1.165, 1.54) is 5.56 Å². The van der Waals surface area contributed by atoms with Crippen LogP contribution in [0, 0.1) is 5.82 Å². The third-order valence-electron chi connectivity index (χ3n) is 3.55. The molecule has 3 heteroatoms. The molecule has 1 N–H and O–H groups in total. The van der Waals surface area contributed by atoms with Gasteiger partial charge in [0, 0.05) is 18.7 Å². The monoisotopic (exact) mass is 221 g/mol. The van der Waals surface area contributed by atoms with Crippen molar-refractivity contribution in [1.29, 1.82) is 0 Å². The Kier molecular flexibility index (Phi) is 2.65. The molecule has 0 bridgehead atoms. The van der Waals surface area contributed by atoms with E-state index >= 15 is 0 Å². The van der Waals surface area contributed by atoms with Gasteiger partial charge in [0.1, 0.15) is 5.82 Å². The zero-order valence-corrected chi connectivity index (χ0v) is 9.21. The van der Waals surface area contributed by atoms with Crippen molar-refractivity contribution in [1.82, 2.24) is 5.32 Å². The van der Waals surface area contributed by atoms with Gasteiger partial charge in [-0.15, -0.1) is 0 Å². The largest absolute Gasteiger partial charge is 0.380 e. The topological polar surface area (TPSA) is 21.3 Å². The van der Waals surface area contributed by atoms with Gasteiger partial charge in [-0.2, -0.15) is 0 Å². The average Bonchev–Trinajstić information content (AvgIpc) is 2.89. The van der Waals surface area contributed by atoms with Crippen molar-refractivity contribution >= 4 is 0 Å². The van der Waals surface area contributed by atoms with Crippen molar-refractivity contribution in [2.75, 3.05) is 13.2 Å². The summed E-state index contributed by atoms with van der Waals surface area (Å²) in [5, 5.41) is 3.61. The Morgan fingerprint density at radius 1 is 1.31 bits per heavy atom. The van der Waals surface area contributed by atoms with Gasteiger partial charge in [-0.3, -0.25) is 0 Å². The minimum Gasteiger partial charge on any atom is -0.380 e. The van der Waals surface area contributed by atoms with E-state index in [1.807, 2.05) is 6.07 Å². The second kappa shape index (κ2) is 4.15. The first-order valence-electron chi connectivity index (χ1n) is 5.95. The predicted molar refractivity (Wildman–Crippen MR) is 59.8 cm³/mol. The summed E-state index contributed by atoms with van der Waals surface area (Å²) in [5.41, 5.74) is 2.43. The molecule has 2 unspecified atom stereocenters. The molecule has 2 nitrogen and oxygen atoms in total. The number of hydrogen-bond donors (Lipinski definition) is 1. The third-order valence-corrected chi connectivity index (χ3v) is 3.55. The second-order valence-corrected chi connectivity index (χ2v) is 4.66. The highest BCUT2D eigenvalue weighted by atomic mass is 19.1.